The molecule has 18 heteroatoms. The Bertz CT molecular complexity index is 1840. The second-order valence-electron chi connectivity index (χ2n) is 12.8. The van der Waals surface area contributed by atoms with Crippen LogP contribution in [-0.4, -0.2) is 83.4 Å². The normalized spacial score (nSPS) is 11.9. The van der Waals surface area contributed by atoms with Gasteiger partial charge in [0.05, 0.1) is 11.1 Å². The van der Waals surface area contributed by atoms with Gasteiger partial charge in [0.25, 0.3) is 0 Å². The molecule has 0 aliphatic rings. The van der Waals surface area contributed by atoms with E-state index >= 15 is 0 Å². The van der Waals surface area contributed by atoms with Gasteiger partial charge in [0.1, 0.15) is 23.7 Å². The van der Waals surface area contributed by atoms with Crippen LogP contribution in [0, 0.1) is 13.8 Å². The van der Waals surface area contributed by atoms with Crippen LogP contribution in [-0.2, 0) is 31.5 Å². The first-order valence-electron chi connectivity index (χ1n) is 17.5. The predicted octanol–water partition coefficient (Wildman–Crippen LogP) is 8.14. The number of rotatable bonds is 12. The molecule has 0 fully saturated rings. The number of hydrogen-bond acceptors (Lipinski definition) is 8. The number of halogens is 6. The van der Waals surface area contributed by atoms with Crippen molar-refractivity contribution in [2.24, 2.45) is 0 Å². The minimum absolute atomic E-state index is 0.204. The molecule has 322 valence electrons. The molecule has 0 aliphatic carbocycles. The molecule has 0 radical (unpaired) electrons. The highest BCUT2D eigenvalue weighted by Crippen LogP contribution is 2.33. The van der Waals surface area contributed by atoms with Gasteiger partial charge in [0, 0.05) is 19.4 Å². The summed E-state index contributed by atoms with van der Waals surface area (Å²) in [6.45, 7) is 5.58. The SMILES string of the molecule is CNCCC(Oc1ccc(C(F)(F)F)cc1)c1ccc(C)cc1.Cc1ccc(C(CCN(C)C)Oc2ccc(C(F)(F)F)cc2)cc1.O=C(O)C(=O)O.O=C(O)C(=O)O. The highest BCUT2D eigenvalue weighted by molar-refractivity contribution is 6.27. The van der Waals surface area contributed by atoms with Crippen molar-refractivity contribution in [3.8, 4) is 11.5 Å². The maximum absolute atomic E-state index is 12.6. The van der Waals surface area contributed by atoms with Gasteiger partial charge in [-0.05, 0) is 101 Å². The third kappa shape index (κ3) is 20.7. The second kappa shape index (κ2) is 24.6. The highest BCUT2D eigenvalue weighted by Gasteiger charge is 2.31. The molecule has 12 nitrogen and oxygen atoms in total. The van der Waals surface area contributed by atoms with E-state index in [0.29, 0.717) is 11.5 Å². The first-order valence-corrected chi connectivity index (χ1v) is 17.5. The van der Waals surface area contributed by atoms with E-state index in [-0.39, 0.29) is 12.2 Å². The van der Waals surface area contributed by atoms with Crippen LogP contribution < -0.4 is 14.8 Å². The summed E-state index contributed by atoms with van der Waals surface area (Å²) in [6.07, 6.45) is -7.61. The minimum atomic E-state index is -4.33. The summed E-state index contributed by atoms with van der Waals surface area (Å²) in [4.78, 5) is 38.5. The number of aryl methyl sites for hydroxylation is 2. The van der Waals surface area contributed by atoms with Gasteiger partial charge in [-0.1, -0.05) is 59.7 Å². The topological polar surface area (TPSA) is 183 Å². The number of carboxylic acid groups (broad SMARTS) is 4. The Morgan fingerprint density at radius 2 is 0.864 bits per heavy atom. The number of benzene rings is 4. The molecule has 0 spiro atoms. The van der Waals surface area contributed by atoms with Crippen molar-refractivity contribution in [2.75, 3.05) is 34.2 Å². The Hall–Kier alpha value is -6.14. The molecule has 2 atom stereocenters. The van der Waals surface area contributed by atoms with Crippen LogP contribution in [0.1, 0.15) is 58.4 Å². The van der Waals surface area contributed by atoms with E-state index in [9.17, 15) is 26.3 Å². The van der Waals surface area contributed by atoms with E-state index in [1.807, 2.05) is 83.5 Å². The van der Waals surface area contributed by atoms with E-state index in [4.69, 9.17) is 49.1 Å². The molecule has 4 rings (SSSR count). The Morgan fingerprint density at radius 3 is 1.12 bits per heavy atom. The number of ether oxygens (including phenoxy) is 2. The second-order valence-corrected chi connectivity index (χ2v) is 12.8. The monoisotopic (exact) mass is 840 g/mol. The smallest absolute Gasteiger partial charge is 0.416 e. The van der Waals surface area contributed by atoms with Gasteiger partial charge in [-0.25, -0.2) is 19.2 Å². The van der Waals surface area contributed by atoms with Gasteiger partial charge in [-0.3, -0.25) is 0 Å². The van der Waals surface area contributed by atoms with Gasteiger partial charge >= 0.3 is 36.2 Å². The standard InChI is InChI=1S/C19H22F3NO.C18H20F3NO.2C2H2O4/c1-14-4-6-15(7-5-14)18(12-13-23(2)3)24-17-10-8-16(9-11-17)19(20,21)22;1-13-3-5-14(6-4-13)17(11-12-22-2)23-16-9-7-15(8-10-16)18(19,20)21;2*3-1(4)2(5)6/h4-11,18H,12-13H2,1-3H3;3-10,17,22H,11-12H2,1-2H3;2*(H,3,4)(H,5,6). The quantitative estimate of drug-likeness (QED) is 0.0683. The van der Waals surface area contributed by atoms with Crippen LogP contribution in [0.4, 0.5) is 26.3 Å². The first-order chi connectivity index (χ1) is 27.4. The third-order valence-corrected chi connectivity index (χ3v) is 7.68. The lowest BCUT2D eigenvalue weighted by atomic mass is 10.0. The lowest BCUT2D eigenvalue weighted by molar-refractivity contribution is -0.159. The van der Waals surface area contributed by atoms with Gasteiger partial charge in [0.2, 0.25) is 0 Å². The Labute approximate surface area is 336 Å². The molecule has 0 aliphatic heterocycles. The van der Waals surface area contributed by atoms with Crippen molar-refractivity contribution < 1.29 is 75.4 Å². The van der Waals surface area contributed by atoms with Crippen molar-refractivity contribution >= 4 is 23.9 Å². The van der Waals surface area contributed by atoms with Gasteiger partial charge < -0.3 is 40.1 Å². The Balaban J connectivity index is 0.000000463. The predicted molar refractivity (Wildman–Crippen MR) is 204 cm³/mol. The van der Waals surface area contributed by atoms with Gasteiger partial charge in [-0.15, -0.1) is 0 Å². The van der Waals surface area contributed by atoms with Crippen molar-refractivity contribution in [1.82, 2.24) is 10.2 Å². The van der Waals surface area contributed by atoms with Gasteiger partial charge in [-0.2, -0.15) is 26.3 Å². The molecular weight excluding hydrogens is 794 g/mol. The van der Waals surface area contributed by atoms with Crippen molar-refractivity contribution in [3.05, 3.63) is 130 Å². The number of nitrogens with zero attached hydrogens (tertiary/aromatic N) is 1. The maximum atomic E-state index is 12.6. The molecule has 0 saturated heterocycles. The Kier molecular flexibility index (Phi) is 21.2. The third-order valence-electron chi connectivity index (χ3n) is 7.68. The van der Waals surface area contributed by atoms with Crippen molar-refractivity contribution in [1.29, 1.82) is 0 Å². The fraction of sp³-hybridized carbons (Fsp3) is 0.317. The molecule has 5 N–H and O–H groups in total. The van der Waals surface area contributed by atoms with Gasteiger partial charge in [0.15, 0.2) is 0 Å². The van der Waals surface area contributed by atoms with Crippen LogP contribution in [0.15, 0.2) is 97.1 Å². The van der Waals surface area contributed by atoms with Crippen LogP contribution in [0.25, 0.3) is 0 Å². The number of nitrogens with one attached hydrogen (secondary N) is 1. The summed E-state index contributed by atoms with van der Waals surface area (Å²) in [5.41, 5.74) is 2.98. The molecule has 2 unspecified atom stereocenters. The van der Waals surface area contributed by atoms with Crippen LogP contribution in [0.3, 0.4) is 0 Å². The number of alkyl halides is 6. The lowest BCUT2D eigenvalue weighted by Gasteiger charge is -2.22. The maximum Gasteiger partial charge on any atom is 0.416 e. The average Bonchev–Trinajstić information content (AvgIpc) is 3.16. The number of hydrogen-bond donors (Lipinski definition) is 5. The summed E-state index contributed by atoms with van der Waals surface area (Å²) in [5, 5.41) is 32.6. The zero-order chi connectivity index (χ0) is 44.9. The van der Waals surface area contributed by atoms with Crippen molar-refractivity contribution in [3.63, 3.8) is 0 Å². The largest absolute Gasteiger partial charge is 0.486 e. The summed E-state index contributed by atoms with van der Waals surface area (Å²) < 4.78 is 87.6. The van der Waals surface area contributed by atoms with E-state index < -0.39 is 47.4 Å². The van der Waals surface area contributed by atoms with Crippen LogP contribution >= 0.6 is 0 Å². The molecule has 0 bridgehead atoms. The first kappa shape index (κ1) is 50.9. The summed E-state index contributed by atoms with van der Waals surface area (Å²) in [7, 11) is 5.80. The average molecular weight is 841 g/mol. The Morgan fingerprint density at radius 1 is 0.559 bits per heavy atom. The summed E-state index contributed by atoms with van der Waals surface area (Å²) in [6, 6.07) is 25.6. The van der Waals surface area contributed by atoms with Crippen molar-refractivity contribution in [2.45, 2.75) is 51.2 Å². The molecule has 0 saturated carbocycles. The number of carbonyl (C=O) groups is 4. The molecule has 4 aromatic carbocycles. The molecule has 0 heterocycles. The summed E-state index contributed by atoms with van der Waals surface area (Å²) >= 11 is 0. The van der Waals surface area contributed by atoms with E-state index in [1.165, 1.54) is 24.3 Å². The number of carboxylic acids is 4. The molecule has 4 aromatic rings. The molecule has 0 aromatic heterocycles. The minimum Gasteiger partial charge on any atom is -0.486 e. The summed E-state index contributed by atoms with van der Waals surface area (Å²) in [5.74, 6) is -6.43. The lowest BCUT2D eigenvalue weighted by Crippen LogP contribution is -2.18. The number of aliphatic carboxylic acids is 4. The molecule has 0 amide bonds. The molecule has 59 heavy (non-hydrogen) atoms. The van der Waals surface area contributed by atoms with E-state index in [0.717, 1.165) is 72.5 Å². The van der Waals surface area contributed by atoms with E-state index in [1.54, 1.807) is 0 Å². The molecular formula is C41H46F6N2O10. The zero-order valence-electron chi connectivity index (χ0n) is 32.7. The van der Waals surface area contributed by atoms with Crippen LogP contribution in [0.2, 0.25) is 0 Å². The fourth-order valence-electron chi connectivity index (χ4n) is 4.57. The fourth-order valence-corrected chi connectivity index (χ4v) is 4.57. The highest BCUT2D eigenvalue weighted by atomic mass is 19.4. The van der Waals surface area contributed by atoms with E-state index in [2.05, 4.69) is 10.2 Å². The van der Waals surface area contributed by atoms with Crippen LogP contribution in [0.5, 0.6) is 11.5 Å². The zero-order valence-corrected chi connectivity index (χ0v) is 32.7.